The highest BCUT2D eigenvalue weighted by Gasteiger charge is 2.29. The van der Waals surface area contributed by atoms with Gasteiger partial charge in [0.15, 0.2) is 0 Å². The minimum atomic E-state index is -0.489. The Morgan fingerprint density at radius 1 is 1.07 bits per heavy atom. The van der Waals surface area contributed by atoms with E-state index >= 15 is 0 Å². The Morgan fingerprint density at radius 2 is 1.75 bits per heavy atom. The van der Waals surface area contributed by atoms with Crippen LogP contribution in [-0.4, -0.2) is 30.6 Å². The standard InChI is InChI=1S/C20H22FN3O3.ClH/c21-15-5-1-13(2-6-15)12-23-19(25)14-3-7-16(8-4-14)24-20(26)18-10-9-17(11-22)27-18;/h1-8,17-18H,9-12,22H2,(H,23,25)(H,24,26);1H/t17-,18+;/m1./s1. The fraction of sp³-hybridized carbons (Fsp3) is 0.300. The van der Waals surface area contributed by atoms with E-state index in [1.165, 1.54) is 12.1 Å². The molecule has 1 aliphatic heterocycles. The molecule has 28 heavy (non-hydrogen) atoms. The molecular weight excluding hydrogens is 385 g/mol. The molecule has 1 saturated heterocycles. The molecule has 0 bridgehead atoms. The van der Waals surface area contributed by atoms with Gasteiger partial charge >= 0.3 is 0 Å². The molecule has 2 amide bonds. The number of hydrogen-bond acceptors (Lipinski definition) is 4. The molecule has 1 heterocycles. The first kappa shape index (κ1) is 21.8. The molecule has 0 aromatic heterocycles. The maximum absolute atomic E-state index is 12.9. The highest BCUT2D eigenvalue weighted by atomic mass is 35.5. The average molecular weight is 408 g/mol. The van der Waals surface area contributed by atoms with Crippen molar-refractivity contribution in [3.05, 3.63) is 65.5 Å². The predicted octanol–water partition coefficient (Wildman–Crippen LogP) is 2.62. The van der Waals surface area contributed by atoms with Crippen LogP contribution in [0.15, 0.2) is 48.5 Å². The third-order valence-corrected chi connectivity index (χ3v) is 4.44. The SMILES string of the molecule is Cl.NC[C@H]1CC[C@@H](C(=O)Nc2ccc(C(=O)NCc3ccc(F)cc3)cc2)O1. The number of carbonyl (C=O) groups excluding carboxylic acids is 2. The Morgan fingerprint density at radius 3 is 2.36 bits per heavy atom. The molecule has 0 aliphatic carbocycles. The van der Waals surface area contributed by atoms with Gasteiger partial charge in [-0.2, -0.15) is 0 Å². The molecule has 0 saturated carbocycles. The molecule has 2 aromatic rings. The van der Waals surface area contributed by atoms with Crippen LogP contribution in [0.5, 0.6) is 0 Å². The van der Waals surface area contributed by atoms with Crippen molar-refractivity contribution < 1.29 is 18.7 Å². The highest BCUT2D eigenvalue weighted by molar-refractivity contribution is 5.96. The number of ether oxygens (including phenoxy) is 1. The minimum Gasteiger partial charge on any atom is -0.364 e. The van der Waals surface area contributed by atoms with E-state index in [9.17, 15) is 14.0 Å². The lowest BCUT2D eigenvalue weighted by Crippen LogP contribution is -2.29. The van der Waals surface area contributed by atoms with Crippen molar-refractivity contribution in [3.63, 3.8) is 0 Å². The maximum Gasteiger partial charge on any atom is 0.253 e. The van der Waals surface area contributed by atoms with Crippen molar-refractivity contribution in [1.82, 2.24) is 5.32 Å². The molecule has 2 aromatic carbocycles. The third kappa shape index (κ3) is 5.76. The Kier molecular flexibility index (Phi) is 7.92. The summed E-state index contributed by atoms with van der Waals surface area (Å²) in [4.78, 5) is 24.4. The predicted molar refractivity (Wildman–Crippen MR) is 107 cm³/mol. The Balaban J connectivity index is 0.00000280. The minimum absolute atomic E-state index is 0. The van der Waals surface area contributed by atoms with Gasteiger partial charge in [-0.05, 0) is 54.8 Å². The summed E-state index contributed by atoms with van der Waals surface area (Å²) in [5.74, 6) is -0.772. The zero-order valence-electron chi connectivity index (χ0n) is 15.2. The fourth-order valence-electron chi connectivity index (χ4n) is 2.89. The van der Waals surface area contributed by atoms with Crippen molar-refractivity contribution in [2.24, 2.45) is 5.73 Å². The van der Waals surface area contributed by atoms with Gasteiger partial charge in [0, 0.05) is 24.3 Å². The molecule has 4 N–H and O–H groups in total. The van der Waals surface area contributed by atoms with Crippen LogP contribution in [-0.2, 0) is 16.1 Å². The summed E-state index contributed by atoms with van der Waals surface area (Å²) >= 11 is 0. The van der Waals surface area contributed by atoms with Gasteiger partial charge in [-0.3, -0.25) is 9.59 Å². The second-order valence-electron chi connectivity index (χ2n) is 6.44. The molecule has 8 heteroatoms. The van der Waals surface area contributed by atoms with Gasteiger partial charge in [0.25, 0.3) is 11.8 Å². The third-order valence-electron chi connectivity index (χ3n) is 4.44. The summed E-state index contributed by atoms with van der Waals surface area (Å²) in [5, 5.41) is 5.56. The fourth-order valence-corrected chi connectivity index (χ4v) is 2.89. The summed E-state index contributed by atoms with van der Waals surface area (Å²) in [6.07, 6.45) is 0.879. The molecule has 0 spiro atoms. The molecule has 6 nitrogen and oxygen atoms in total. The smallest absolute Gasteiger partial charge is 0.253 e. The van der Waals surface area contributed by atoms with E-state index < -0.39 is 6.10 Å². The number of benzene rings is 2. The second-order valence-corrected chi connectivity index (χ2v) is 6.44. The normalized spacial score (nSPS) is 18.2. The van der Waals surface area contributed by atoms with Crippen LogP contribution in [0.4, 0.5) is 10.1 Å². The zero-order chi connectivity index (χ0) is 19.2. The molecule has 150 valence electrons. The number of halogens is 2. The average Bonchev–Trinajstić information content (AvgIpc) is 3.17. The molecule has 2 atom stereocenters. The van der Waals surface area contributed by atoms with Crippen molar-refractivity contribution >= 4 is 29.9 Å². The lowest BCUT2D eigenvalue weighted by Gasteiger charge is -2.13. The largest absolute Gasteiger partial charge is 0.364 e. The number of nitrogens with one attached hydrogen (secondary N) is 2. The van der Waals surface area contributed by atoms with Crippen LogP contribution < -0.4 is 16.4 Å². The molecule has 0 radical (unpaired) electrons. The van der Waals surface area contributed by atoms with E-state index in [1.54, 1.807) is 36.4 Å². The molecule has 3 rings (SSSR count). The van der Waals surface area contributed by atoms with Crippen LogP contribution >= 0.6 is 12.4 Å². The first-order valence-electron chi connectivity index (χ1n) is 8.84. The van der Waals surface area contributed by atoms with Gasteiger partial charge in [-0.25, -0.2) is 4.39 Å². The van der Waals surface area contributed by atoms with Crippen LogP contribution in [0.3, 0.4) is 0 Å². The van der Waals surface area contributed by atoms with Crippen LogP contribution in [0, 0.1) is 5.82 Å². The quantitative estimate of drug-likeness (QED) is 0.686. The van der Waals surface area contributed by atoms with Crippen molar-refractivity contribution in [1.29, 1.82) is 0 Å². The van der Waals surface area contributed by atoms with Gasteiger partial charge in [-0.1, -0.05) is 12.1 Å². The number of hydrogen-bond donors (Lipinski definition) is 3. The molecule has 1 fully saturated rings. The van der Waals surface area contributed by atoms with Crippen LogP contribution in [0.25, 0.3) is 0 Å². The highest BCUT2D eigenvalue weighted by Crippen LogP contribution is 2.20. The van der Waals surface area contributed by atoms with E-state index in [-0.39, 0.29) is 36.1 Å². The lowest BCUT2D eigenvalue weighted by molar-refractivity contribution is -0.126. The molecular formula is C20H23ClFN3O3. The van der Waals surface area contributed by atoms with E-state index in [0.29, 0.717) is 30.8 Å². The van der Waals surface area contributed by atoms with Gasteiger partial charge in [0.2, 0.25) is 0 Å². The molecule has 1 aliphatic rings. The first-order chi connectivity index (χ1) is 13.0. The number of carbonyl (C=O) groups is 2. The Bertz CT molecular complexity index is 799. The van der Waals surface area contributed by atoms with E-state index in [2.05, 4.69) is 10.6 Å². The maximum atomic E-state index is 12.9. The van der Waals surface area contributed by atoms with Crippen LogP contribution in [0.2, 0.25) is 0 Å². The van der Waals surface area contributed by atoms with Gasteiger partial charge in [0.05, 0.1) is 6.10 Å². The Hall–Kier alpha value is -2.48. The monoisotopic (exact) mass is 407 g/mol. The van der Waals surface area contributed by atoms with E-state index in [1.807, 2.05) is 0 Å². The first-order valence-corrected chi connectivity index (χ1v) is 8.84. The van der Waals surface area contributed by atoms with E-state index in [0.717, 1.165) is 12.0 Å². The Labute approximate surface area is 169 Å². The zero-order valence-corrected chi connectivity index (χ0v) is 16.0. The second kappa shape index (κ2) is 10.2. The van der Waals surface area contributed by atoms with Gasteiger partial charge in [0.1, 0.15) is 11.9 Å². The van der Waals surface area contributed by atoms with E-state index in [4.69, 9.17) is 10.5 Å². The summed E-state index contributed by atoms with van der Waals surface area (Å²) in [7, 11) is 0. The lowest BCUT2D eigenvalue weighted by atomic mass is 10.1. The van der Waals surface area contributed by atoms with Crippen molar-refractivity contribution in [2.45, 2.75) is 31.6 Å². The summed E-state index contributed by atoms with van der Waals surface area (Å²) in [6.45, 7) is 0.713. The van der Waals surface area contributed by atoms with Gasteiger partial charge < -0.3 is 21.1 Å². The van der Waals surface area contributed by atoms with Gasteiger partial charge in [-0.15, -0.1) is 12.4 Å². The number of rotatable bonds is 6. The number of amides is 2. The molecule has 0 unspecified atom stereocenters. The topological polar surface area (TPSA) is 93.5 Å². The summed E-state index contributed by atoms with van der Waals surface area (Å²) in [6, 6.07) is 12.5. The number of nitrogens with two attached hydrogens (primary N) is 1. The van der Waals surface area contributed by atoms with Crippen LogP contribution in [0.1, 0.15) is 28.8 Å². The van der Waals surface area contributed by atoms with Crippen molar-refractivity contribution in [3.8, 4) is 0 Å². The summed E-state index contributed by atoms with van der Waals surface area (Å²) in [5.41, 5.74) is 7.42. The summed E-state index contributed by atoms with van der Waals surface area (Å²) < 4.78 is 18.4. The number of anilines is 1. The van der Waals surface area contributed by atoms with Crippen molar-refractivity contribution in [2.75, 3.05) is 11.9 Å².